The fourth-order valence-corrected chi connectivity index (χ4v) is 2.52. The molecule has 0 saturated heterocycles. The van der Waals surface area contributed by atoms with Crippen LogP contribution in [0.3, 0.4) is 0 Å². The van der Waals surface area contributed by atoms with E-state index in [4.69, 9.17) is 5.11 Å². The van der Waals surface area contributed by atoms with Crippen LogP contribution in [0.25, 0.3) is 0 Å². The topological polar surface area (TPSA) is 50.2 Å². The van der Waals surface area contributed by atoms with Gasteiger partial charge in [0.05, 0.1) is 5.56 Å². The minimum Gasteiger partial charge on any atom is -0.478 e. The molecule has 0 aromatic carbocycles. The van der Waals surface area contributed by atoms with Gasteiger partial charge in [-0.15, -0.1) is 11.8 Å². The largest absolute Gasteiger partial charge is 0.478 e. The Morgan fingerprint density at radius 3 is 3.00 bits per heavy atom. The number of rotatable bonds is 6. The maximum atomic E-state index is 10.9. The highest BCUT2D eigenvalue weighted by atomic mass is 32.2. The molecule has 1 aromatic rings. The molecule has 1 N–H and O–H groups in total. The van der Waals surface area contributed by atoms with Crippen molar-refractivity contribution in [3.8, 4) is 0 Å². The van der Waals surface area contributed by atoms with E-state index < -0.39 is 5.97 Å². The predicted octanol–water partition coefficient (Wildman–Crippen LogP) is 3.31. The maximum absolute atomic E-state index is 10.9. The first-order valence-electron chi connectivity index (χ1n) is 5.46. The van der Waals surface area contributed by atoms with Gasteiger partial charge in [-0.1, -0.05) is 26.7 Å². The Balaban J connectivity index is 2.63. The van der Waals surface area contributed by atoms with Crippen LogP contribution in [0.5, 0.6) is 0 Å². The van der Waals surface area contributed by atoms with Crippen molar-refractivity contribution in [2.75, 3.05) is 5.75 Å². The number of hydrogen-bond acceptors (Lipinski definition) is 3. The molecule has 16 heavy (non-hydrogen) atoms. The zero-order chi connectivity index (χ0) is 12.0. The molecule has 1 aromatic heterocycles. The summed E-state index contributed by atoms with van der Waals surface area (Å²) in [5, 5.41) is 9.60. The van der Waals surface area contributed by atoms with E-state index in [-0.39, 0.29) is 0 Å². The molecule has 1 rings (SSSR count). The van der Waals surface area contributed by atoms with Gasteiger partial charge in [0, 0.05) is 11.9 Å². The number of carbonyl (C=O) groups is 1. The molecule has 0 spiro atoms. The van der Waals surface area contributed by atoms with Crippen molar-refractivity contribution in [1.82, 2.24) is 4.98 Å². The van der Waals surface area contributed by atoms with Crippen molar-refractivity contribution >= 4 is 17.7 Å². The van der Waals surface area contributed by atoms with Gasteiger partial charge >= 0.3 is 5.97 Å². The maximum Gasteiger partial charge on any atom is 0.338 e. The fraction of sp³-hybridized carbons (Fsp3) is 0.500. The second kappa shape index (κ2) is 6.53. The van der Waals surface area contributed by atoms with Gasteiger partial charge in [0.1, 0.15) is 5.03 Å². The van der Waals surface area contributed by atoms with Gasteiger partial charge in [-0.25, -0.2) is 9.78 Å². The third-order valence-corrected chi connectivity index (χ3v) is 3.62. The lowest BCUT2D eigenvalue weighted by atomic mass is 10.1. The Kier molecular flexibility index (Phi) is 5.32. The van der Waals surface area contributed by atoms with Crippen molar-refractivity contribution in [3.63, 3.8) is 0 Å². The van der Waals surface area contributed by atoms with Crippen molar-refractivity contribution < 1.29 is 9.90 Å². The van der Waals surface area contributed by atoms with Crippen molar-refractivity contribution in [2.24, 2.45) is 5.92 Å². The first kappa shape index (κ1) is 13.0. The molecule has 0 aliphatic rings. The van der Waals surface area contributed by atoms with Gasteiger partial charge in [-0.2, -0.15) is 0 Å². The van der Waals surface area contributed by atoms with E-state index in [1.807, 2.05) is 0 Å². The molecule has 0 amide bonds. The van der Waals surface area contributed by atoms with Gasteiger partial charge in [-0.05, 0) is 18.1 Å². The Hall–Kier alpha value is -1.03. The predicted molar refractivity (Wildman–Crippen MR) is 66.0 cm³/mol. The molecule has 88 valence electrons. The molecular weight excluding hydrogens is 222 g/mol. The number of aromatic nitrogens is 1. The normalized spacial score (nSPS) is 12.4. The molecule has 0 saturated carbocycles. The average Bonchev–Trinajstić information content (AvgIpc) is 2.27. The number of thioether (sulfide) groups is 1. The molecule has 3 nitrogen and oxygen atoms in total. The summed E-state index contributed by atoms with van der Waals surface area (Å²) in [7, 11) is 0. The molecule has 0 aliphatic heterocycles. The molecule has 0 fully saturated rings. The number of nitrogens with zero attached hydrogens (tertiary/aromatic N) is 1. The summed E-state index contributed by atoms with van der Waals surface area (Å²) < 4.78 is 0. The van der Waals surface area contributed by atoms with E-state index in [1.165, 1.54) is 18.2 Å². The van der Waals surface area contributed by atoms with Gasteiger partial charge in [0.25, 0.3) is 0 Å². The van der Waals surface area contributed by atoms with E-state index in [0.29, 0.717) is 16.5 Å². The van der Waals surface area contributed by atoms with E-state index in [0.717, 1.165) is 12.2 Å². The summed E-state index contributed by atoms with van der Waals surface area (Å²) in [5.41, 5.74) is 0.302. The summed E-state index contributed by atoms with van der Waals surface area (Å²) in [6, 6.07) is 3.26. The van der Waals surface area contributed by atoms with Crippen LogP contribution in [0.2, 0.25) is 0 Å². The van der Waals surface area contributed by atoms with Crippen LogP contribution in [0.15, 0.2) is 23.4 Å². The quantitative estimate of drug-likeness (QED) is 0.774. The zero-order valence-electron chi connectivity index (χ0n) is 9.64. The third kappa shape index (κ3) is 3.85. The molecule has 1 atom stereocenters. The number of carboxylic acids is 1. The molecule has 1 heterocycles. The van der Waals surface area contributed by atoms with Gasteiger partial charge in [0.2, 0.25) is 0 Å². The van der Waals surface area contributed by atoms with Crippen LogP contribution < -0.4 is 0 Å². The van der Waals surface area contributed by atoms with Crippen LogP contribution in [0, 0.1) is 5.92 Å². The molecule has 4 heteroatoms. The van der Waals surface area contributed by atoms with E-state index in [9.17, 15) is 4.79 Å². The van der Waals surface area contributed by atoms with Crippen LogP contribution in [-0.4, -0.2) is 21.8 Å². The smallest absolute Gasteiger partial charge is 0.338 e. The van der Waals surface area contributed by atoms with Gasteiger partial charge in [-0.3, -0.25) is 0 Å². The lowest BCUT2D eigenvalue weighted by Crippen LogP contribution is -2.03. The average molecular weight is 239 g/mol. The molecule has 0 bridgehead atoms. The monoisotopic (exact) mass is 239 g/mol. The Bertz CT molecular complexity index is 355. The van der Waals surface area contributed by atoms with Gasteiger partial charge < -0.3 is 5.11 Å². The molecule has 0 radical (unpaired) electrons. The summed E-state index contributed by atoms with van der Waals surface area (Å²) in [4.78, 5) is 15.1. The summed E-state index contributed by atoms with van der Waals surface area (Å²) in [6.45, 7) is 4.34. The second-order valence-corrected chi connectivity index (χ2v) is 4.87. The van der Waals surface area contributed by atoms with Crippen molar-refractivity contribution in [1.29, 1.82) is 0 Å². The summed E-state index contributed by atoms with van der Waals surface area (Å²) in [5.74, 6) is 0.614. The van der Waals surface area contributed by atoms with Crippen LogP contribution in [-0.2, 0) is 0 Å². The Morgan fingerprint density at radius 2 is 2.38 bits per heavy atom. The van der Waals surface area contributed by atoms with E-state index in [2.05, 4.69) is 18.8 Å². The fourth-order valence-electron chi connectivity index (χ4n) is 1.47. The van der Waals surface area contributed by atoms with Crippen LogP contribution >= 0.6 is 11.8 Å². The third-order valence-electron chi connectivity index (χ3n) is 2.29. The first-order chi connectivity index (χ1) is 7.65. The number of aromatic carboxylic acids is 1. The summed E-state index contributed by atoms with van der Waals surface area (Å²) in [6.07, 6.45) is 3.97. The second-order valence-electron chi connectivity index (χ2n) is 3.87. The highest BCUT2D eigenvalue weighted by Gasteiger charge is 2.12. The lowest BCUT2D eigenvalue weighted by molar-refractivity contribution is 0.0692. The van der Waals surface area contributed by atoms with Crippen molar-refractivity contribution in [3.05, 3.63) is 23.9 Å². The Morgan fingerprint density at radius 1 is 1.62 bits per heavy atom. The zero-order valence-corrected chi connectivity index (χ0v) is 10.5. The van der Waals surface area contributed by atoms with E-state index >= 15 is 0 Å². The SMILES string of the molecule is CCCC(C)CSc1ncccc1C(=O)O. The molecular formula is C12H17NO2S. The standard InChI is InChI=1S/C12H17NO2S/c1-3-5-9(2)8-16-11-10(12(14)15)6-4-7-13-11/h4,6-7,9H,3,5,8H2,1-2H3,(H,14,15). The molecule has 0 aliphatic carbocycles. The van der Waals surface area contributed by atoms with Crippen LogP contribution in [0.4, 0.5) is 0 Å². The minimum absolute atomic E-state index is 0.302. The first-order valence-corrected chi connectivity index (χ1v) is 6.44. The van der Waals surface area contributed by atoms with Crippen LogP contribution in [0.1, 0.15) is 37.0 Å². The number of pyridine rings is 1. The highest BCUT2D eigenvalue weighted by molar-refractivity contribution is 7.99. The minimum atomic E-state index is -0.904. The lowest BCUT2D eigenvalue weighted by Gasteiger charge is -2.09. The Labute approximate surface area is 100 Å². The molecule has 1 unspecified atom stereocenters. The highest BCUT2D eigenvalue weighted by Crippen LogP contribution is 2.23. The number of carboxylic acid groups (broad SMARTS) is 1. The van der Waals surface area contributed by atoms with Gasteiger partial charge in [0.15, 0.2) is 0 Å². The number of hydrogen-bond donors (Lipinski definition) is 1. The van der Waals surface area contributed by atoms with Crippen molar-refractivity contribution in [2.45, 2.75) is 31.7 Å². The summed E-state index contributed by atoms with van der Waals surface area (Å²) >= 11 is 1.53. The van der Waals surface area contributed by atoms with E-state index in [1.54, 1.807) is 18.3 Å².